The number of amidine groups is 1. The van der Waals surface area contributed by atoms with Crippen molar-refractivity contribution in [2.45, 2.75) is 6.92 Å². The lowest BCUT2D eigenvalue weighted by Gasteiger charge is -2.06. The van der Waals surface area contributed by atoms with Crippen molar-refractivity contribution in [1.82, 2.24) is 4.90 Å². The number of hydrogen-bond donors (Lipinski definition) is 0. The van der Waals surface area contributed by atoms with Crippen molar-refractivity contribution in [2.24, 2.45) is 4.99 Å². The Kier molecular flexibility index (Phi) is 3.95. The van der Waals surface area contributed by atoms with Crippen LogP contribution in [0.15, 0.2) is 28.1 Å². The second kappa shape index (κ2) is 5.48. The van der Waals surface area contributed by atoms with Gasteiger partial charge in [0.25, 0.3) is 5.91 Å². The summed E-state index contributed by atoms with van der Waals surface area (Å²) in [4.78, 5) is 18.4. The quantitative estimate of drug-likeness (QED) is 0.780. The first kappa shape index (κ1) is 13.7. The summed E-state index contributed by atoms with van der Waals surface area (Å²) in [5, 5.41) is 0.724. The molecule has 1 aliphatic rings. The van der Waals surface area contributed by atoms with Gasteiger partial charge in [0.1, 0.15) is 5.75 Å². The van der Waals surface area contributed by atoms with Crippen LogP contribution in [0.4, 0.5) is 0 Å². The molecule has 0 N–H and O–H groups in total. The molecule has 2 rings (SSSR count). The van der Waals surface area contributed by atoms with E-state index in [2.05, 4.69) is 4.99 Å². The SMILES string of the molecule is CN=C1S/C(=C\c2ccc(OC)cc2C)C(=O)N1C. The molecule has 5 heteroatoms. The number of aryl methyl sites for hydroxylation is 1. The van der Waals surface area contributed by atoms with Crippen LogP contribution in [0.2, 0.25) is 0 Å². The average Bonchev–Trinajstić information content (AvgIpc) is 2.68. The molecule has 0 radical (unpaired) electrons. The van der Waals surface area contributed by atoms with Crippen molar-refractivity contribution >= 4 is 28.9 Å². The fourth-order valence-electron chi connectivity index (χ4n) is 1.83. The zero-order valence-corrected chi connectivity index (χ0v) is 12.2. The first-order chi connectivity index (χ1) is 9.06. The third-order valence-electron chi connectivity index (χ3n) is 2.96. The monoisotopic (exact) mass is 276 g/mol. The lowest BCUT2D eigenvalue weighted by molar-refractivity contribution is -0.121. The highest BCUT2D eigenvalue weighted by Crippen LogP contribution is 2.32. The minimum absolute atomic E-state index is 0.0131. The Balaban J connectivity index is 2.35. The molecular formula is C14H16N2O2S. The summed E-state index contributed by atoms with van der Waals surface area (Å²) in [6, 6.07) is 5.80. The largest absolute Gasteiger partial charge is 0.497 e. The van der Waals surface area contributed by atoms with E-state index in [0.29, 0.717) is 4.91 Å². The summed E-state index contributed by atoms with van der Waals surface area (Å²) in [5.41, 5.74) is 2.09. The smallest absolute Gasteiger partial charge is 0.266 e. The molecule has 0 unspecified atom stereocenters. The highest BCUT2D eigenvalue weighted by molar-refractivity contribution is 8.18. The van der Waals surface area contributed by atoms with Crippen LogP contribution in [0.1, 0.15) is 11.1 Å². The van der Waals surface area contributed by atoms with E-state index in [0.717, 1.165) is 22.0 Å². The van der Waals surface area contributed by atoms with Gasteiger partial charge < -0.3 is 4.74 Å². The van der Waals surface area contributed by atoms with Gasteiger partial charge in [-0.1, -0.05) is 6.07 Å². The van der Waals surface area contributed by atoms with Gasteiger partial charge >= 0.3 is 0 Å². The first-order valence-electron chi connectivity index (χ1n) is 5.86. The number of aliphatic imine (C=N–C) groups is 1. The predicted molar refractivity (Wildman–Crippen MR) is 79.4 cm³/mol. The van der Waals surface area contributed by atoms with Gasteiger partial charge in [0.15, 0.2) is 5.17 Å². The molecule has 0 spiro atoms. The highest BCUT2D eigenvalue weighted by atomic mass is 32.2. The molecule has 0 bridgehead atoms. The van der Waals surface area contributed by atoms with Crippen molar-refractivity contribution < 1.29 is 9.53 Å². The lowest BCUT2D eigenvalue weighted by atomic mass is 10.1. The zero-order valence-electron chi connectivity index (χ0n) is 11.4. The third-order valence-corrected chi connectivity index (χ3v) is 4.11. The van der Waals surface area contributed by atoms with E-state index >= 15 is 0 Å². The van der Waals surface area contributed by atoms with Gasteiger partial charge in [0.2, 0.25) is 0 Å². The summed E-state index contributed by atoms with van der Waals surface area (Å²) in [6.45, 7) is 2.00. The van der Waals surface area contributed by atoms with Crippen molar-refractivity contribution in [3.05, 3.63) is 34.2 Å². The number of hydrogen-bond acceptors (Lipinski definition) is 4. The number of rotatable bonds is 2. The maximum absolute atomic E-state index is 12.0. The van der Waals surface area contributed by atoms with Gasteiger partial charge in [-0.25, -0.2) is 0 Å². The fourth-order valence-corrected chi connectivity index (χ4v) is 2.75. The second-order valence-electron chi connectivity index (χ2n) is 4.20. The molecule has 19 heavy (non-hydrogen) atoms. The average molecular weight is 276 g/mol. The van der Waals surface area contributed by atoms with Crippen LogP contribution >= 0.6 is 11.8 Å². The Bertz CT molecular complexity index is 579. The molecule has 1 fully saturated rings. The molecule has 100 valence electrons. The molecule has 0 saturated carbocycles. The normalized spacial score (nSPS) is 19.6. The van der Waals surface area contributed by atoms with Crippen molar-refractivity contribution in [3.8, 4) is 5.75 Å². The number of thioether (sulfide) groups is 1. The number of carbonyl (C=O) groups excluding carboxylic acids is 1. The third kappa shape index (κ3) is 2.66. The van der Waals surface area contributed by atoms with Gasteiger partial charge in [-0.05, 0) is 48.0 Å². The van der Waals surface area contributed by atoms with E-state index < -0.39 is 0 Å². The molecule has 0 atom stereocenters. The molecule has 1 aliphatic heterocycles. The Labute approximate surface area is 117 Å². The number of carbonyl (C=O) groups is 1. The van der Waals surface area contributed by atoms with E-state index in [-0.39, 0.29) is 5.91 Å². The van der Waals surface area contributed by atoms with E-state index in [1.54, 1.807) is 26.1 Å². The highest BCUT2D eigenvalue weighted by Gasteiger charge is 2.29. The summed E-state index contributed by atoms with van der Waals surface area (Å²) >= 11 is 1.40. The van der Waals surface area contributed by atoms with E-state index in [1.165, 1.54) is 11.8 Å². The standard InChI is InChI=1S/C14H16N2O2S/c1-9-7-11(18-4)6-5-10(9)8-12-13(17)16(3)14(15-2)19-12/h5-8H,1-4H3/b12-8-,15-14?. The molecule has 1 aromatic carbocycles. The first-order valence-corrected chi connectivity index (χ1v) is 6.67. The predicted octanol–water partition coefficient (Wildman–Crippen LogP) is 2.54. The fraction of sp³-hybridized carbons (Fsp3) is 0.286. The Morgan fingerprint density at radius 2 is 2.16 bits per heavy atom. The summed E-state index contributed by atoms with van der Waals surface area (Å²) in [5.74, 6) is 0.804. The van der Waals surface area contributed by atoms with Crippen LogP contribution in [-0.2, 0) is 4.79 Å². The van der Waals surface area contributed by atoms with Crippen LogP contribution in [0.3, 0.4) is 0 Å². The molecule has 1 heterocycles. The van der Waals surface area contributed by atoms with Crippen LogP contribution in [0.5, 0.6) is 5.75 Å². The molecule has 1 amide bonds. The molecule has 0 aromatic heterocycles. The van der Waals surface area contributed by atoms with Crippen LogP contribution < -0.4 is 4.74 Å². The lowest BCUT2D eigenvalue weighted by Crippen LogP contribution is -2.23. The van der Waals surface area contributed by atoms with Crippen LogP contribution in [-0.4, -0.2) is 37.2 Å². The minimum atomic E-state index is -0.0131. The number of ether oxygens (including phenoxy) is 1. The van der Waals surface area contributed by atoms with E-state index in [9.17, 15) is 4.79 Å². The molecular weight excluding hydrogens is 260 g/mol. The minimum Gasteiger partial charge on any atom is -0.497 e. The zero-order chi connectivity index (χ0) is 14.0. The Morgan fingerprint density at radius 1 is 1.42 bits per heavy atom. The van der Waals surface area contributed by atoms with Crippen LogP contribution in [0, 0.1) is 6.92 Å². The summed E-state index contributed by atoms with van der Waals surface area (Å²) < 4.78 is 5.17. The van der Waals surface area contributed by atoms with Gasteiger partial charge in [0, 0.05) is 14.1 Å². The van der Waals surface area contributed by atoms with Gasteiger partial charge in [-0.15, -0.1) is 0 Å². The molecule has 1 saturated heterocycles. The van der Waals surface area contributed by atoms with Crippen molar-refractivity contribution in [3.63, 3.8) is 0 Å². The topological polar surface area (TPSA) is 41.9 Å². The van der Waals surface area contributed by atoms with Gasteiger partial charge in [0.05, 0.1) is 12.0 Å². The second-order valence-corrected chi connectivity index (χ2v) is 5.21. The van der Waals surface area contributed by atoms with Crippen molar-refractivity contribution in [1.29, 1.82) is 0 Å². The summed E-state index contributed by atoms with van der Waals surface area (Å²) in [6.07, 6.45) is 1.90. The van der Waals surface area contributed by atoms with E-state index in [1.807, 2.05) is 31.2 Å². The molecule has 0 aliphatic carbocycles. The van der Waals surface area contributed by atoms with Crippen molar-refractivity contribution in [2.75, 3.05) is 21.2 Å². The van der Waals surface area contributed by atoms with Gasteiger partial charge in [-0.3, -0.25) is 14.7 Å². The number of methoxy groups -OCH3 is 1. The number of amides is 1. The van der Waals surface area contributed by atoms with Gasteiger partial charge in [-0.2, -0.15) is 0 Å². The number of nitrogens with zero attached hydrogens (tertiary/aromatic N) is 2. The Hall–Kier alpha value is -1.75. The molecule has 1 aromatic rings. The van der Waals surface area contributed by atoms with E-state index in [4.69, 9.17) is 4.74 Å². The number of benzene rings is 1. The van der Waals surface area contributed by atoms with Crippen LogP contribution in [0.25, 0.3) is 6.08 Å². The number of likely N-dealkylation sites (N-methyl/N-ethyl adjacent to an activating group) is 1. The summed E-state index contributed by atoms with van der Waals surface area (Å²) in [7, 11) is 5.06. The maximum atomic E-state index is 12.0. The Morgan fingerprint density at radius 3 is 2.68 bits per heavy atom. The molecule has 4 nitrogen and oxygen atoms in total. The maximum Gasteiger partial charge on any atom is 0.266 e.